The first kappa shape index (κ1) is 25.3. The summed E-state index contributed by atoms with van der Waals surface area (Å²) in [6, 6.07) is 15.7. The van der Waals surface area contributed by atoms with E-state index in [0.29, 0.717) is 22.5 Å². The summed E-state index contributed by atoms with van der Waals surface area (Å²) in [5.41, 5.74) is 4.27. The fourth-order valence-electron chi connectivity index (χ4n) is 3.92. The van der Waals surface area contributed by atoms with Crippen LogP contribution in [0, 0.1) is 13.8 Å². The number of carbonyl (C=O) groups is 2. The van der Waals surface area contributed by atoms with Crippen molar-refractivity contribution in [3.63, 3.8) is 0 Å². The molecule has 36 heavy (non-hydrogen) atoms. The average molecular weight is 523 g/mol. The van der Waals surface area contributed by atoms with Gasteiger partial charge in [0.25, 0.3) is 0 Å². The quantitative estimate of drug-likeness (QED) is 0.217. The first-order chi connectivity index (χ1) is 17.2. The third-order valence-electron chi connectivity index (χ3n) is 5.68. The summed E-state index contributed by atoms with van der Waals surface area (Å²) >= 11 is 7.03. The molecular weight excluding hydrogens is 500 g/mol. The molecule has 0 bridgehead atoms. The monoisotopic (exact) mass is 522 g/mol. The SMILES string of the molecule is CCn1c(S/C(=C\c2cc(C)n(-c3ccc(C(=O)O)cc3)c2C)C(=O)O)nnc1-c1ccc(Cl)cc1. The zero-order valence-corrected chi connectivity index (χ0v) is 21.3. The van der Waals surface area contributed by atoms with Crippen molar-refractivity contribution in [2.24, 2.45) is 0 Å². The van der Waals surface area contributed by atoms with E-state index in [0.717, 1.165) is 40.0 Å². The lowest BCUT2D eigenvalue weighted by Crippen LogP contribution is -2.03. The Labute approximate surface area is 216 Å². The van der Waals surface area contributed by atoms with Crippen molar-refractivity contribution in [2.45, 2.75) is 32.5 Å². The number of rotatable bonds is 8. The van der Waals surface area contributed by atoms with Crippen molar-refractivity contribution in [1.82, 2.24) is 19.3 Å². The smallest absolute Gasteiger partial charge is 0.342 e. The molecule has 0 aliphatic heterocycles. The molecule has 0 saturated carbocycles. The van der Waals surface area contributed by atoms with Crippen molar-refractivity contribution >= 4 is 41.4 Å². The number of halogens is 1. The Morgan fingerprint density at radius 3 is 2.28 bits per heavy atom. The van der Waals surface area contributed by atoms with Gasteiger partial charge in [-0.3, -0.25) is 0 Å². The normalized spacial score (nSPS) is 11.6. The van der Waals surface area contributed by atoms with Crippen molar-refractivity contribution < 1.29 is 19.8 Å². The molecule has 0 aliphatic carbocycles. The molecule has 2 aromatic carbocycles. The van der Waals surface area contributed by atoms with Crippen LogP contribution in [0.25, 0.3) is 23.2 Å². The zero-order valence-electron chi connectivity index (χ0n) is 19.8. The molecule has 2 heterocycles. The number of aryl methyl sites for hydroxylation is 1. The molecule has 4 rings (SSSR count). The van der Waals surface area contributed by atoms with E-state index >= 15 is 0 Å². The molecule has 10 heteroatoms. The van der Waals surface area contributed by atoms with Crippen molar-refractivity contribution in [3.8, 4) is 17.1 Å². The van der Waals surface area contributed by atoms with Gasteiger partial charge in [-0.1, -0.05) is 11.6 Å². The van der Waals surface area contributed by atoms with Gasteiger partial charge in [0.1, 0.15) is 4.91 Å². The molecule has 8 nitrogen and oxygen atoms in total. The minimum absolute atomic E-state index is 0.0984. The van der Waals surface area contributed by atoms with Crippen molar-refractivity contribution in [2.75, 3.05) is 0 Å². The third-order valence-corrected chi connectivity index (χ3v) is 6.93. The van der Waals surface area contributed by atoms with Crippen LogP contribution in [0.5, 0.6) is 0 Å². The predicted molar refractivity (Wildman–Crippen MR) is 140 cm³/mol. The van der Waals surface area contributed by atoms with E-state index in [4.69, 9.17) is 16.7 Å². The number of aliphatic carboxylic acids is 1. The van der Waals surface area contributed by atoms with Gasteiger partial charge in [0.15, 0.2) is 11.0 Å². The van der Waals surface area contributed by atoms with Crippen LogP contribution in [0.1, 0.15) is 34.2 Å². The number of hydrogen-bond acceptors (Lipinski definition) is 5. The van der Waals surface area contributed by atoms with Gasteiger partial charge in [0.2, 0.25) is 0 Å². The Morgan fingerprint density at radius 2 is 1.69 bits per heavy atom. The number of aromatic carboxylic acids is 1. The Bertz CT molecular complexity index is 1470. The summed E-state index contributed by atoms with van der Waals surface area (Å²) in [5, 5.41) is 28.7. The summed E-state index contributed by atoms with van der Waals surface area (Å²) in [5.74, 6) is -1.44. The van der Waals surface area contributed by atoms with E-state index < -0.39 is 11.9 Å². The molecular formula is C26H23ClN4O4S. The molecule has 0 atom stereocenters. The molecule has 184 valence electrons. The highest BCUT2D eigenvalue weighted by atomic mass is 35.5. The lowest BCUT2D eigenvalue weighted by molar-refractivity contribution is -0.131. The Kier molecular flexibility index (Phi) is 7.32. The summed E-state index contributed by atoms with van der Waals surface area (Å²) in [6.07, 6.45) is 1.62. The van der Waals surface area contributed by atoms with E-state index in [-0.39, 0.29) is 10.5 Å². The van der Waals surface area contributed by atoms with Crippen LogP contribution in [-0.2, 0) is 11.3 Å². The highest BCUT2D eigenvalue weighted by Gasteiger charge is 2.20. The molecule has 2 aromatic heterocycles. The lowest BCUT2D eigenvalue weighted by Gasteiger charge is -2.10. The summed E-state index contributed by atoms with van der Waals surface area (Å²) in [7, 11) is 0. The van der Waals surface area contributed by atoms with Crippen LogP contribution in [-0.4, -0.2) is 41.5 Å². The highest BCUT2D eigenvalue weighted by molar-refractivity contribution is 8.04. The van der Waals surface area contributed by atoms with Crippen LogP contribution >= 0.6 is 23.4 Å². The molecule has 0 aliphatic rings. The van der Waals surface area contributed by atoms with Crippen molar-refractivity contribution in [3.05, 3.63) is 87.0 Å². The second-order valence-electron chi connectivity index (χ2n) is 7.99. The van der Waals surface area contributed by atoms with E-state index in [1.54, 1.807) is 42.5 Å². The summed E-state index contributed by atoms with van der Waals surface area (Å²) in [4.78, 5) is 23.4. The maximum atomic E-state index is 12.2. The number of carboxylic acid groups (broad SMARTS) is 2. The number of aromatic nitrogens is 4. The maximum absolute atomic E-state index is 12.2. The average Bonchev–Trinajstić information content (AvgIpc) is 3.38. The van der Waals surface area contributed by atoms with Gasteiger partial charge in [-0.2, -0.15) is 0 Å². The summed E-state index contributed by atoms with van der Waals surface area (Å²) < 4.78 is 3.81. The first-order valence-electron chi connectivity index (χ1n) is 11.0. The number of hydrogen-bond donors (Lipinski definition) is 2. The van der Waals surface area contributed by atoms with Crippen LogP contribution in [0.4, 0.5) is 0 Å². The number of nitrogens with zero attached hydrogens (tertiary/aromatic N) is 4. The molecule has 0 unspecified atom stereocenters. The van der Waals surface area contributed by atoms with Crippen LogP contribution in [0.15, 0.2) is 64.7 Å². The standard InChI is InChI=1S/C26H23ClN4O4S/c1-4-30-23(17-5-9-20(27)10-6-17)28-29-26(30)36-22(25(34)35)14-19-13-15(2)31(16(19)3)21-11-7-18(8-12-21)24(32)33/h5-14H,4H2,1-3H3,(H,32,33)(H,34,35)/b22-14-. The minimum atomic E-state index is -1.07. The lowest BCUT2D eigenvalue weighted by atomic mass is 10.2. The predicted octanol–water partition coefficient (Wildman–Crippen LogP) is 5.94. The molecule has 0 spiro atoms. The minimum Gasteiger partial charge on any atom is -0.478 e. The van der Waals surface area contributed by atoms with E-state index in [2.05, 4.69) is 10.2 Å². The van der Waals surface area contributed by atoms with E-state index in [1.165, 1.54) is 0 Å². The van der Waals surface area contributed by atoms with Crippen molar-refractivity contribution in [1.29, 1.82) is 0 Å². The van der Waals surface area contributed by atoms with Gasteiger partial charge in [-0.25, -0.2) is 9.59 Å². The van der Waals surface area contributed by atoms with Gasteiger partial charge in [-0.15, -0.1) is 10.2 Å². The van der Waals surface area contributed by atoms with Gasteiger partial charge < -0.3 is 19.3 Å². The third kappa shape index (κ3) is 5.07. The maximum Gasteiger partial charge on any atom is 0.342 e. The van der Waals surface area contributed by atoms with E-state index in [9.17, 15) is 14.7 Å². The fraction of sp³-hybridized carbons (Fsp3) is 0.154. The Balaban J connectivity index is 1.69. The molecule has 2 N–H and O–H groups in total. The Hall–Kier alpha value is -3.82. The Morgan fingerprint density at radius 1 is 1.03 bits per heavy atom. The van der Waals surface area contributed by atoms with Gasteiger partial charge in [0.05, 0.1) is 5.56 Å². The fourth-order valence-corrected chi connectivity index (χ4v) is 4.92. The molecule has 0 saturated heterocycles. The summed E-state index contributed by atoms with van der Waals surface area (Å²) in [6.45, 7) is 6.30. The van der Waals surface area contributed by atoms with Crippen LogP contribution in [0.2, 0.25) is 5.02 Å². The molecule has 4 aromatic rings. The molecule has 0 fully saturated rings. The topological polar surface area (TPSA) is 110 Å². The van der Waals surface area contributed by atoms with Crippen LogP contribution in [0.3, 0.4) is 0 Å². The second-order valence-corrected chi connectivity index (χ2v) is 9.43. The van der Waals surface area contributed by atoms with Crippen LogP contribution < -0.4 is 0 Å². The number of carboxylic acids is 2. The van der Waals surface area contributed by atoms with Gasteiger partial charge in [-0.05, 0) is 98.8 Å². The number of benzene rings is 2. The highest BCUT2D eigenvalue weighted by Crippen LogP contribution is 2.32. The molecule has 0 amide bonds. The van der Waals surface area contributed by atoms with E-state index in [1.807, 2.05) is 48.1 Å². The van der Waals surface area contributed by atoms with Gasteiger partial charge in [0, 0.05) is 34.2 Å². The molecule has 0 radical (unpaired) electrons. The second kappa shape index (κ2) is 10.4. The zero-order chi connectivity index (χ0) is 26.0. The number of thioether (sulfide) groups is 1. The largest absolute Gasteiger partial charge is 0.478 e. The van der Waals surface area contributed by atoms with Gasteiger partial charge >= 0.3 is 11.9 Å². The first-order valence-corrected chi connectivity index (χ1v) is 12.2.